The molecule has 110 valence electrons. The standard InChI is InChI=1S/C18H23N3/c1-20(13-16-6-5-10-19-12-16)14-17-9-11-21(15-17)18-7-3-2-4-8-18/h2-8,10,12,17H,9,11,13-15H2,1H3/t17-/m1/s1. The third-order valence-corrected chi connectivity index (χ3v) is 4.15. The molecule has 0 unspecified atom stereocenters. The summed E-state index contributed by atoms with van der Waals surface area (Å²) in [5, 5.41) is 0. The fraction of sp³-hybridized carbons (Fsp3) is 0.389. The predicted molar refractivity (Wildman–Crippen MR) is 87.3 cm³/mol. The number of rotatable bonds is 5. The molecule has 0 N–H and O–H groups in total. The van der Waals surface area contributed by atoms with Crippen molar-refractivity contribution in [3.05, 3.63) is 60.4 Å². The van der Waals surface area contributed by atoms with Crippen LogP contribution in [0.2, 0.25) is 0 Å². The molecule has 0 spiro atoms. The summed E-state index contributed by atoms with van der Waals surface area (Å²) in [6, 6.07) is 14.9. The second-order valence-corrected chi connectivity index (χ2v) is 5.99. The van der Waals surface area contributed by atoms with Crippen molar-refractivity contribution < 1.29 is 0 Å². The van der Waals surface area contributed by atoms with E-state index in [1.165, 1.54) is 30.8 Å². The van der Waals surface area contributed by atoms with Crippen LogP contribution < -0.4 is 4.90 Å². The minimum atomic E-state index is 0.756. The maximum atomic E-state index is 4.19. The SMILES string of the molecule is CN(Cc1cccnc1)C[C@H]1CCN(c2ccccc2)C1. The molecule has 0 radical (unpaired) electrons. The molecule has 21 heavy (non-hydrogen) atoms. The van der Waals surface area contributed by atoms with Crippen molar-refractivity contribution in [1.82, 2.24) is 9.88 Å². The van der Waals surface area contributed by atoms with E-state index in [4.69, 9.17) is 0 Å². The number of hydrogen-bond donors (Lipinski definition) is 0. The zero-order valence-electron chi connectivity index (χ0n) is 12.7. The van der Waals surface area contributed by atoms with Crippen molar-refractivity contribution in [3.8, 4) is 0 Å². The van der Waals surface area contributed by atoms with E-state index in [1.807, 2.05) is 18.5 Å². The molecule has 1 saturated heterocycles. The summed E-state index contributed by atoms with van der Waals surface area (Å²) in [5.41, 5.74) is 2.65. The van der Waals surface area contributed by atoms with Crippen molar-refractivity contribution in [2.24, 2.45) is 5.92 Å². The second kappa shape index (κ2) is 6.72. The molecule has 3 nitrogen and oxygen atoms in total. The molecule has 3 heteroatoms. The largest absolute Gasteiger partial charge is 0.371 e. The quantitative estimate of drug-likeness (QED) is 0.840. The maximum absolute atomic E-state index is 4.19. The molecular formula is C18H23N3. The number of anilines is 1. The van der Waals surface area contributed by atoms with Crippen molar-refractivity contribution in [2.75, 3.05) is 31.6 Å². The maximum Gasteiger partial charge on any atom is 0.0366 e. The van der Waals surface area contributed by atoms with Crippen LogP contribution >= 0.6 is 0 Å². The Kier molecular flexibility index (Phi) is 4.51. The van der Waals surface area contributed by atoms with E-state index >= 15 is 0 Å². The van der Waals surface area contributed by atoms with Crippen molar-refractivity contribution in [1.29, 1.82) is 0 Å². The first-order chi connectivity index (χ1) is 10.3. The number of hydrogen-bond acceptors (Lipinski definition) is 3. The fourth-order valence-electron chi connectivity index (χ4n) is 3.16. The lowest BCUT2D eigenvalue weighted by Gasteiger charge is -2.22. The molecule has 1 aromatic carbocycles. The minimum Gasteiger partial charge on any atom is -0.371 e. The van der Waals surface area contributed by atoms with Crippen LogP contribution in [0.25, 0.3) is 0 Å². The average Bonchev–Trinajstić information content (AvgIpc) is 2.97. The average molecular weight is 281 g/mol. The van der Waals surface area contributed by atoms with Gasteiger partial charge in [0.1, 0.15) is 0 Å². The van der Waals surface area contributed by atoms with E-state index in [9.17, 15) is 0 Å². The van der Waals surface area contributed by atoms with Crippen LogP contribution in [0.1, 0.15) is 12.0 Å². The van der Waals surface area contributed by atoms with E-state index in [2.05, 4.69) is 58.2 Å². The minimum absolute atomic E-state index is 0.756. The Labute approximate surface area is 127 Å². The van der Waals surface area contributed by atoms with Gasteiger partial charge in [-0.15, -0.1) is 0 Å². The zero-order chi connectivity index (χ0) is 14.5. The molecule has 1 aliphatic heterocycles. The van der Waals surface area contributed by atoms with Gasteiger partial charge in [-0.3, -0.25) is 4.98 Å². The number of para-hydroxylation sites is 1. The highest BCUT2D eigenvalue weighted by molar-refractivity contribution is 5.46. The number of aromatic nitrogens is 1. The Bertz CT molecular complexity index is 541. The van der Waals surface area contributed by atoms with Gasteiger partial charge in [-0.25, -0.2) is 0 Å². The summed E-state index contributed by atoms with van der Waals surface area (Å²) in [6.45, 7) is 4.48. The normalized spacial score (nSPS) is 18.4. The van der Waals surface area contributed by atoms with Gasteiger partial charge in [-0.1, -0.05) is 24.3 Å². The van der Waals surface area contributed by atoms with Crippen LogP contribution in [0.5, 0.6) is 0 Å². The summed E-state index contributed by atoms with van der Waals surface area (Å²) >= 11 is 0. The Hall–Kier alpha value is -1.87. The van der Waals surface area contributed by atoms with Crippen molar-refractivity contribution in [3.63, 3.8) is 0 Å². The lowest BCUT2D eigenvalue weighted by molar-refractivity contribution is 0.279. The zero-order valence-corrected chi connectivity index (χ0v) is 12.7. The fourth-order valence-corrected chi connectivity index (χ4v) is 3.16. The molecule has 0 bridgehead atoms. The Morgan fingerprint density at radius 1 is 1.19 bits per heavy atom. The molecule has 1 fully saturated rings. The number of pyridine rings is 1. The van der Waals surface area contributed by atoms with Gasteiger partial charge in [0.2, 0.25) is 0 Å². The van der Waals surface area contributed by atoms with Crippen LogP contribution in [0, 0.1) is 5.92 Å². The topological polar surface area (TPSA) is 19.4 Å². The molecule has 1 aromatic heterocycles. The van der Waals surface area contributed by atoms with Gasteiger partial charge >= 0.3 is 0 Å². The van der Waals surface area contributed by atoms with Gasteiger partial charge < -0.3 is 9.80 Å². The summed E-state index contributed by atoms with van der Waals surface area (Å²) in [7, 11) is 2.21. The Morgan fingerprint density at radius 2 is 2.05 bits per heavy atom. The van der Waals surface area contributed by atoms with Crippen LogP contribution in [0.15, 0.2) is 54.9 Å². The number of nitrogens with zero attached hydrogens (tertiary/aromatic N) is 3. The molecular weight excluding hydrogens is 258 g/mol. The van der Waals surface area contributed by atoms with E-state index in [1.54, 1.807) is 0 Å². The third kappa shape index (κ3) is 3.82. The summed E-state index contributed by atoms with van der Waals surface area (Å²) in [5.74, 6) is 0.756. The van der Waals surface area contributed by atoms with Crippen LogP contribution in [0.4, 0.5) is 5.69 Å². The van der Waals surface area contributed by atoms with Gasteiger partial charge in [-0.2, -0.15) is 0 Å². The monoisotopic (exact) mass is 281 g/mol. The van der Waals surface area contributed by atoms with E-state index in [-0.39, 0.29) is 0 Å². The number of benzene rings is 1. The highest BCUT2D eigenvalue weighted by Crippen LogP contribution is 2.24. The molecule has 0 aliphatic carbocycles. The third-order valence-electron chi connectivity index (χ3n) is 4.15. The lowest BCUT2D eigenvalue weighted by Crippen LogP contribution is -2.28. The first-order valence-corrected chi connectivity index (χ1v) is 7.69. The van der Waals surface area contributed by atoms with E-state index in [0.29, 0.717) is 0 Å². The van der Waals surface area contributed by atoms with Gasteiger partial charge in [0, 0.05) is 44.3 Å². The summed E-state index contributed by atoms with van der Waals surface area (Å²) in [6.07, 6.45) is 5.08. The molecule has 2 aromatic rings. The van der Waals surface area contributed by atoms with Gasteiger partial charge in [0.05, 0.1) is 0 Å². The molecule has 0 saturated carbocycles. The van der Waals surface area contributed by atoms with Gasteiger partial charge in [-0.05, 0) is 43.1 Å². The van der Waals surface area contributed by atoms with Gasteiger partial charge in [0.15, 0.2) is 0 Å². The Balaban J connectivity index is 1.50. The molecule has 1 aliphatic rings. The van der Waals surface area contributed by atoms with Crippen molar-refractivity contribution >= 4 is 5.69 Å². The van der Waals surface area contributed by atoms with Crippen LogP contribution in [-0.2, 0) is 6.54 Å². The first-order valence-electron chi connectivity index (χ1n) is 7.69. The Morgan fingerprint density at radius 3 is 2.81 bits per heavy atom. The molecule has 1 atom stereocenters. The molecule has 3 rings (SSSR count). The van der Waals surface area contributed by atoms with Crippen LogP contribution in [0.3, 0.4) is 0 Å². The smallest absolute Gasteiger partial charge is 0.0366 e. The first kappa shape index (κ1) is 14.1. The van der Waals surface area contributed by atoms with E-state index in [0.717, 1.165) is 19.0 Å². The van der Waals surface area contributed by atoms with Gasteiger partial charge in [0.25, 0.3) is 0 Å². The molecule has 2 heterocycles. The van der Waals surface area contributed by atoms with E-state index < -0.39 is 0 Å². The van der Waals surface area contributed by atoms with Crippen molar-refractivity contribution in [2.45, 2.75) is 13.0 Å². The summed E-state index contributed by atoms with van der Waals surface area (Å²) in [4.78, 5) is 9.10. The lowest BCUT2D eigenvalue weighted by atomic mass is 10.1. The highest BCUT2D eigenvalue weighted by Gasteiger charge is 2.23. The highest BCUT2D eigenvalue weighted by atomic mass is 15.2. The predicted octanol–water partition coefficient (Wildman–Crippen LogP) is 3.04. The summed E-state index contributed by atoms with van der Waals surface area (Å²) < 4.78 is 0. The molecule has 0 amide bonds. The second-order valence-electron chi connectivity index (χ2n) is 5.99. The van der Waals surface area contributed by atoms with Crippen LogP contribution in [-0.4, -0.2) is 36.6 Å².